The molecular formula is C9H18N2. The molecule has 0 fully saturated rings. The zero-order chi connectivity index (χ0) is 9.11. The smallest absolute Gasteiger partial charge is 0.0471 e. The second kappa shape index (κ2) is 11.6. The van der Waals surface area contributed by atoms with Crippen LogP contribution >= 0.6 is 0 Å². The summed E-state index contributed by atoms with van der Waals surface area (Å²) in [6.45, 7) is 5.94. The molecule has 0 aliphatic rings. The highest BCUT2D eigenvalue weighted by Crippen LogP contribution is 1.83. The summed E-state index contributed by atoms with van der Waals surface area (Å²) in [5.74, 6) is 0. The lowest BCUT2D eigenvalue weighted by atomic mass is 10.4. The maximum atomic E-state index is 5.33. The van der Waals surface area contributed by atoms with Crippen LogP contribution in [0.4, 0.5) is 0 Å². The predicted molar refractivity (Wildman–Crippen MR) is 51.8 cm³/mol. The molecule has 0 spiro atoms. The standard InChI is InChI=1S/C7H12N2.C2H6/c1-2-3-4-5-7(9)6-8;1-2/h2-6H,8-9H2,1H3;1-2H3/b3-2-,5-4-,7-6-;. The lowest BCUT2D eigenvalue weighted by Crippen LogP contribution is -1.95. The van der Waals surface area contributed by atoms with Gasteiger partial charge in [-0.2, -0.15) is 0 Å². The van der Waals surface area contributed by atoms with E-state index in [-0.39, 0.29) is 0 Å². The number of rotatable bonds is 2. The van der Waals surface area contributed by atoms with Crippen LogP contribution in [0.15, 0.2) is 36.2 Å². The average Bonchev–Trinajstić information content (AvgIpc) is 2.08. The van der Waals surface area contributed by atoms with Crippen LogP contribution in [0.5, 0.6) is 0 Å². The summed E-state index contributed by atoms with van der Waals surface area (Å²) in [5.41, 5.74) is 11.0. The van der Waals surface area contributed by atoms with E-state index in [2.05, 4.69) is 0 Å². The Kier molecular flexibility index (Phi) is 13.2. The fourth-order valence-electron chi connectivity index (χ4n) is 0.333. The molecule has 0 rings (SSSR count). The van der Waals surface area contributed by atoms with Crippen molar-refractivity contribution in [1.82, 2.24) is 0 Å². The highest BCUT2D eigenvalue weighted by Gasteiger charge is 1.72. The fourth-order valence-corrected chi connectivity index (χ4v) is 0.333. The van der Waals surface area contributed by atoms with E-state index in [0.29, 0.717) is 5.70 Å². The third-order valence-corrected chi connectivity index (χ3v) is 0.785. The van der Waals surface area contributed by atoms with Crippen LogP contribution in [0.3, 0.4) is 0 Å². The van der Waals surface area contributed by atoms with Crippen molar-refractivity contribution in [2.24, 2.45) is 11.5 Å². The van der Waals surface area contributed by atoms with Gasteiger partial charge in [0.2, 0.25) is 0 Å². The molecule has 0 unspecified atom stereocenters. The van der Waals surface area contributed by atoms with Crippen LogP contribution in [0.25, 0.3) is 0 Å². The Labute approximate surface area is 69.3 Å². The third-order valence-electron chi connectivity index (χ3n) is 0.785. The molecule has 0 amide bonds. The molecule has 0 aliphatic carbocycles. The summed E-state index contributed by atoms with van der Waals surface area (Å²) in [7, 11) is 0. The zero-order valence-electron chi connectivity index (χ0n) is 7.54. The van der Waals surface area contributed by atoms with E-state index in [0.717, 1.165) is 0 Å². The first kappa shape index (κ1) is 12.5. The lowest BCUT2D eigenvalue weighted by Gasteiger charge is -1.84. The number of hydrogen-bond acceptors (Lipinski definition) is 2. The van der Waals surface area contributed by atoms with Crippen LogP contribution in [0, 0.1) is 0 Å². The molecule has 0 bridgehead atoms. The minimum atomic E-state index is 0.577. The summed E-state index contributed by atoms with van der Waals surface area (Å²) in [4.78, 5) is 0. The highest BCUT2D eigenvalue weighted by molar-refractivity contribution is 5.17. The van der Waals surface area contributed by atoms with Crippen molar-refractivity contribution in [3.63, 3.8) is 0 Å². The summed E-state index contributed by atoms with van der Waals surface area (Å²) in [5, 5.41) is 0. The topological polar surface area (TPSA) is 52.0 Å². The van der Waals surface area contributed by atoms with E-state index in [9.17, 15) is 0 Å². The summed E-state index contributed by atoms with van der Waals surface area (Å²) in [6.07, 6.45) is 8.73. The quantitative estimate of drug-likeness (QED) is 0.597. The number of nitrogens with two attached hydrogens (primary N) is 2. The average molecular weight is 154 g/mol. The minimum Gasteiger partial charge on any atom is -0.403 e. The first-order valence-electron chi connectivity index (χ1n) is 3.78. The van der Waals surface area contributed by atoms with Gasteiger partial charge in [-0.1, -0.05) is 32.1 Å². The monoisotopic (exact) mass is 154 g/mol. The predicted octanol–water partition coefficient (Wildman–Crippen LogP) is 1.90. The van der Waals surface area contributed by atoms with E-state index < -0.39 is 0 Å². The first-order valence-corrected chi connectivity index (χ1v) is 3.78. The van der Waals surface area contributed by atoms with Crippen molar-refractivity contribution in [1.29, 1.82) is 0 Å². The second-order valence-electron chi connectivity index (χ2n) is 1.55. The Balaban J connectivity index is 0. The van der Waals surface area contributed by atoms with Gasteiger partial charge in [0.15, 0.2) is 0 Å². The molecule has 0 saturated heterocycles. The molecule has 4 N–H and O–H groups in total. The van der Waals surface area contributed by atoms with Gasteiger partial charge in [0.05, 0.1) is 0 Å². The zero-order valence-corrected chi connectivity index (χ0v) is 7.54. The van der Waals surface area contributed by atoms with Crippen molar-refractivity contribution >= 4 is 0 Å². The van der Waals surface area contributed by atoms with Gasteiger partial charge in [0, 0.05) is 11.9 Å². The van der Waals surface area contributed by atoms with Crippen LogP contribution in [0.2, 0.25) is 0 Å². The van der Waals surface area contributed by atoms with E-state index in [1.165, 1.54) is 6.20 Å². The molecule has 0 saturated carbocycles. The van der Waals surface area contributed by atoms with Crippen LogP contribution in [-0.4, -0.2) is 0 Å². The van der Waals surface area contributed by atoms with E-state index in [1.807, 2.05) is 39.0 Å². The minimum absolute atomic E-state index is 0.577. The Morgan fingerprint density at radius 1 is 1.18 bits per heavy atom. The molecule has 0 aromatic heterocycles. The molecule has 64 valence electrons. The van der Waals surface area contributed by atoms with Crippen LogP contribution in [0.1, 0.15) is 20.8 Å². The van der Waals surface area contributed by atoms with Crippen molar-refractivity contribution in [2.75, 3.05) is 0 Å². The molecule has 0 heterocycles. The van der Waals surface area contributed by atoms with Crippen molar-refractivity contribution in [3.05, 3.63) is 36.2 Å². The fraction of sp³-hybridized carbons (Fsp3) is 0.333. The molecular weight excluding hydrogens is 136 g/mol. The summed E-state index contributed by atoms with van der Waals surface area (Å²) >= 11 is 0. The molecule has 0 aliphatic heterocycles. The van der Waals surface area contributed by atoms with Crippen molar-refractivity contribution in [3.8, 4) is 0 Å². The Hall–Kier alpha value is -1.18. The normalized spacial score (nSPS) is 11.7. The van der Waals surface area contributed by atoms with Gasteiger partial charge in [-0.3, -0.25) is 0 Å². The van der Waals surface area contributed by atoms with Gasteiger partial charge in [-0.15, -0.1) is 0 Å². The van der Waals surface area contributed by atoms with Crippen LogP contribution in [-0.2, 0) is 0 Å². The first-order chi connectivity index (χ1) is 5.31. The summed E-state index contributed by atoms with van der Waals surface area (Å²) < 4.78 is 0. The third kappa shape index (κ3) is 12.1. The van der Waals surface area contributed by atoms with Gasteiger partial charge >= 0.3 is 0 Å². The Bertz CT molecular complexity index is 144. The second-order valence-corrected chi connectivity index (χ2v) is 1.55. The molecule has 0 aromatic rings. The highest BCUT2D eigenvalue weighted by atomic mass is 14.6. The maximum absolute atomic E-state index is 5.33. The number of allylic oxidation sites excluding steroid dienone is 4. The van der Waals surface area contributed by atoms with E-state index in [1.54, 1.807) is 6.08 Å². The van der Waals surface area contributed by atoms with Gasteiger partial charge in [0.25, 0.3) is 0 Å². The van der Waals surface area contributed by atoms with Gasteiger partial charge in [-0.25, -0.2) is 0 Å². The lowest BCUT2D eigenvalue weighted by molar-refractivity contribution is 1.37. The molecule has 11 heavy (non-hydrogen) atoms. The maximum Gasteiger partial charge on any atom is 0.0471 e. The van der Waals surface area contributed by atoms with Gasteiger partial charge in [-0.05, 0) is 13.0 Å². The van der Waals surface area contributed by atoms with Gasteiger partial charge in [0.1, 0.15) is 0 Å². The molecule has 0 atom stereocenters. The Morgan fingerprint density at radius 3 is 2.09 bits per heavy atom. The molecule has 0 radical (unpaired) electrons. The van der Waals surface area contributed by atoms with E-state index >= 15 is 0 Å². The van der Waals surface area contributed by atoms with Crippen molar-refractivity contribution < 1.29 is 0 Å². The number of hydrogen-bond donors (Lipinski definition) is 2. The molecule has 0 aromatic carbocycles. The largest absolute Gasteiger partial charge is 0.403 e. The molecule has 2 heteroatoms. The Morgan fingerprint density at radius 2 is 1.73 bits per heavy atom. The summed E-state index contributed by atoms with van der Waals surface area (Å²) in [6, 6.07) is 0. The van der Waals surface area contributed by atoms with E-state index in [4.69, 9.17) is 11.5 Å². The SMILES string of the molecule is CC.C\C=C/C=C\C(N)=C\N. The van der Waals surface area contributed by atoms with Crippen LogP contribution < -0.4 is 11.5 Å². The van der Waals surface area contributed by atoms with Crippen molar-refractivity contribution in [2.45, 2.75) is 20.8 Å². The molecule has 2 nitrogen and oxygen atoms in total. The van der Waals surface area contributed by atoms with Gasteiger partial charge < -0.3 is 11.5 Å².